The van der Waals surface area contributed by atoms with Crippen LogP contribution in [0.15, 0.2) is 64.4 Å². The number of nitrogens with zero attached hydrogens (tertiary/aromatic N) is 7. The number of aliphatic hydroxyl groups excluding tert-OH is 1. The summed E-state index contributed by atoms with van der Waals surface area (Å²) in [5.74, 6) is -0.574. The van der Waals surface area contributed by atoms with Crippen LogP contribution in [-0.2, 0) is 34.3 Å². The summed E-state index contributed by atoms with van der Waals surface area (Å²) in [4.78, 5) is 79.7. The van der Waals surface area contributed by atoms with Crippen LogP contribution in [-0.4, -0.2) is 133 Å². The van der Waals surface area contributed by atoms with Crippen LogP contribution in [0.25, 0.3) is 10.9 Å². The number of fused-ring (bicyclic) bond motifs is 2. The Morgan fingerprint density at radius 2 is 1.70 bits per heavy atom. The molecular formula is C37H40BrClN10O10S. The number of hydrogen-bond donors (Lipinski definition) is 5. The number of carboxylic acid groups (broad SMARTS) is 1. The van der Waals surface area contributed by atoms with Gasteiger partial charge in [-0.3, -0.25) is 19.5 Å². The SMILES string of the molecule is O=C(NS(=O)(=O)N1CCN(C(=O)Nc2nccnc2C(=O)NC2Cc3ccccc3C2)CC1)O[C@@H]1CCCN(C(=O)O)[C@H]1CC(O)Cn1cnc2cc(Br)c(Cl)cc2c1=O. The molecule has 3 aliphatic rings. The third-order valence-corrected chi connectivity index (χ3v) is 13.3. The van der Waals surface area contributed by atoms with Crippen molar-refractivity contribution in [2.24, 2.45) is 0 Å². The van der Waals surface area contributed by atoms with Gasteiger partial charge < -0.3 is 30.1 Å². The number of hydrogen-bond acceptors (Lipinski definition) is 12. The maximum atomic E-state index is 13.3. The molecular weight excluding hydrogens is 892 g/mol. The predicted octanol–water partition coefficient (Wildman–Crippen LogP) is 2.58. The van der Waals surface area contributed by atoms with Crippen LogP contribution in [0.5, 0.6) is 0 Å². The van der Waals surface area contributed by atoms with Gasteiger partial charge in [-0.1, -0.05) is 35.9 Å². The fraction of sp³-hybridized carbons (Fsp3) is 0.405. The van der Waals surface area contributed by atoms with Gasteiger partial charge >= 0.3 is 28.4 Å². The van der Waals surface area contributed by atoms with Crippen molar-refractivity contribution in [3.63, 3.8) is 0 Å². The third-order valence-electron chi connectivity index (χ3n) is 10.6. The van der Waals surface area contributed by atoms with Crippen LogP contribution in [0, 0.1) is 0 Å². The van der Waals surface area contributed by atoms with E-state index in [-0.39, 0.29) is 86.5 Å². The monoisotopic (exact) mass is 930 g/mol. The zero-order chi connectivity index (χ0) is 42.7. The molecule has 5 N–H and O–H groups in total. The molecule has 60 heavy (non-hydrogen) atoms. The van der Waals surface area contributed by atoms with Gasteiger partial charge in [0.2, 0.25) is 0 Å². The maximum Gasteiger partial charge on any atom is 0.422 e. The number of amides is 5. The zero-order valence-corrected chi connectivity index (χ0v) is 34.9. The van der Waals surface area contributed by atoms with Crippen molar-refractivity contribution < 1.29 is 42.5 Å². The van der Waals surface area contributed by atoms with E-state index in [4.69, 9.17) is 16.3 Å². The van der Waals surface area contributed by atoms with E-state index in [0.717, 1.165) is 24.9 Å². The molecule has 2 aliphatic heterocycles. The Bertz CT molecular complexity index is 2460. The minimum Gasteiger partial charge on any atom is -0.465 e. The summed E-state index contributed by atoms with van der Waals surface area (Å²) in [7, 11) is -4.49. The van der Waals surface area contributed by atoms with Crippen molar-refractivity contribution in [1.29, 1.82) is 0 Å². The minimum absolute atomic E-state index is 0.0658. The Balaban J connectivity index is 0.922. The van der Waals surface area contributed by atoms with Crippen LogP contribution in [0.2, 0.25) is 5.02 Å². The number of aliphatic hydroxyl groups is 1. The number of piperidine rings is 1. The molecule has 2 fully saturated rings. The first-order valence-corrected chi connectivity index (χ1v) is 21.5. The van der Waals surface area contributed by atoms with Gasteiger partial charge in [0.25, 0.3) is 11.5 Å². The van der Waals surface area contributed by atoms with Gasteiger partial charge in [0.05, 0.1) is 40.9 Å². The van der Waals surface area contributed by atoms with Crippen molar-refractivity contribution in [1.82, 2.24) is 43.7 Å². The van der Waals surface area contributed by atoms with Crippen LogP contribution < -0.4 is 20.9 Å². The summed E-state index contributed by atoms with van der Waals surface area (Å²) in [6, 6.07) is 9.04. The average molecular weight is 932 g/mol. The Morgan fingerprint density at radius 3 is 2.40 bits per heavy atom. The summed E-state index contributed by atoms with van der Waals surface area (Å²) >= 11 is 9.45. The molecule has 4 aromatic rings. The molecule has 20 nitrogen and oxygen atoms in total. The first kappa shape index (κ1) is 42.7. The molecule has 1 aliphatic carbocycles. The van der Waals surface area contributed by atoms with Crippen molar-refractivity contribution in [3.8, 4) is 0 Å². The molecule has 0 radical (unpaired) electrons. The fourth-order valence-electron chi connectivity index (χ4n) is 7.69. The summed E-state index contributed by atoms with van der Waals surface area (Å²) in [5, 5.41) is 27.0. The van der Waals surface area contributed by atoms with Crippen LogP contribution in [0.1, 0.15) is 40.9 Å². The summed E-state index contributed by atoms with van der Waals surface area (Å²) in [5.41, 5.74) is 2.09. The number of likely N-dealkylation sites (tertiary alicyclic amines) is 1. The normalized spacial score (nSPS) is 19.1. The number of rotatable bonds is 10. The van der Waals surface area contributed by atoms with Gasteiger partial charge in [-0.2, -0.15) is 12.7 Å². The van der Waals surface area contributed by atoms with Gasteiger partial charge in [-0.15, -0.1) is 0 Å². The molecule has 0 bridgehead atoms. The quantitative estimate of drug-likeness (QED) is 0.153. The van der Waals surface area contributed by atoms with Gasteiger partial charge in [0.15, 0.2) is 11.5 Å². The zero-order valence-electron chi connectivity index (χ0n) is 31.7. The number of benzene rings is 2. The van der Waals surface area contributed by atoms with Crippen LogP contribution in [0.4, 0.5) is 20.2 Å². The molecule has 0 saturated carbocycles. The highest BCUT2D eigenvalue weighted by Crippen LogP contribution is 2.28. The average Bonchev–Trinajstić information content (AvgIpc) is 3.62. The molecule has 7 rings (SSSR count). The Labute approximate surface area is 356 Å². The lowest BCUT2D eigenvalue weighted by Gasteiger charge is -2.40. The van der Waals surface area contributed by atoms with E-state index in [2.05, 4.69) is 41.5 Å². The Morgan fingerprint density at radius 1 is 1.00 bits per heavy atom. The second-order valence-electron chi connectivity index (χ2n) is 14.5. The number of nitrogens with one attached hydrogen (secondary N) is 3. The summed E-state index contributed by atoms with van der Waals surface area (Å²) in [6.45, 7) is -0.785. The van der Waals surface area contributed by atoms with E-state index in [0.29, 0.717) is 22.8 Å². The molecule has 5 amide bonds. The molecule has 2 aromatic heterocycles. The van der Waals surface area contributed by atoms with E-state index in [1.54, 1.807) is 6.07 Å². The smallest absolute Gasteiger partial charge is 0.422 e. The molecule has 1 unspecified atom stereocenters. The third kappa shape index (κ3) is 9.62. The van der Waals surface area contributed by atoms with Crippen molar-refractivity contribution in [2.45, 2.75) is 62.9 Å². The number of carbonyl (C=O) groups is 4. The van der Waals surface area contributed by atoms with Gasteiger partial charge in [-0.05, 0) is 71.3 Å². The van der Waals surface area contributed by atoms with Gasteiger partial charge in [0, 0.05) is 55.6 Å². The number of halogens is 2. The number of anilines is 1. The number of aromatic nitrogens is 4. The minimum atomic E-state index is -4.49. The first-order chi connectivity index (χ1) is 28.7. The summed E-state index contributed by atoms with van der Waals surface area (Å²) in [6.07, 6.45) is 0.250. The van der Waals surface area contributed by atoms with E-state index in [1.807, 2.05) is 29.0 Å². The maximum absolute atomic E-state index is 13.3. The number of piperazine rings is 1. The molecule has 2 saturated heterocycles. The fourth-order valence-corrected chi connectivity index (χ4v) is 9.22. The Kier molecular flexibility index (Phi) is 12.8. The highest BCUT2D eigenvalue weighted by Gasteiger charge is 2.39. The van der Waals surface area contributed by atoms with Crippen molar-refractivity contribution in [2.75, 3.05) is 38.0 Å². The number of carbonyl (C=O) groups excluding carboxylic acids is 3. The van der Waals surface area contributed by atoms with Gasteiger partial charge in [-0.25, -0.2) is 34.1 Å². The second-order valence-corrected chi connectivity index (χ2v) is 17.5. The lowest BCUT2D eigenvalue weighted by atomic mass is 9.94. The topological polar surface area (TPSA) is 259 Å². The van der Waals surface area contributed by atoms with Crippen molar-refractivity contribution in [3.05, 3.63) is 91.8 Å². The van der Waals surface area contributed by atoms with E-state index >= 15 is 0 Å². The molecule has 23 heteroatoms. The van der Waals surface area contributed by atoms with E-state index in [9.17, 15) is 42.6 Å². The lowest BCUT2D eigenvalue weighted by Crippen LogP contribution is -2.56. The molecule has 2 aromatic carbocycles. The molecule has 0 spiro atoms. The van der Waals surface area contributed by atoms with Crippen LogP contribution >= 0.6 is 27.5 Å². The van der Waals surface area contributed by atoms with Crippen molar-refractivity contribution >= 4 is 78.6 Å². The molecule has 3 atom stereocenters. The Hall–Kier alpha value is -5.42. The molecule has 4 heterocycles. The van der Waals surface area contributed by atoms with E-state index in [1.165, 1.54) is 29.7 Å². The van der Waals surface area contributed by atoms with Gasteiger partial charge in [0.1, 0.15) is 6.10 Å². The summed E-state index contributed by atoms with van der Waals surface area (Å²) < 4.78 is 36.6. The largest absolute Gasteiger partial charge is 0.465 e. The molecule has 318 valence electrons. The standard InChI is InChI=1S/C37H40BrClN10O10S/c38-26-18-28-25(17-27(26)39)34(52)47(20-42-28)19-24(50)16-29-30(6-3-9-49(29)37(55)56)59-36(54)45-60(57,58)48-12-10-46(11-13-48)35(53)44-32-31(40-7-8-41-32)33(51)43-23-14-21-4-1-2-5-22(21)15-23/h1-2,4-5,7-8,17-18,20,23-24,29-30,50H,3,6,9-16,19H2,(H,43,51)(H,45,54)(H,55,56)(H,41,44,53)/t24?,29-,30+/m0/s1. The van der Waals surface area contributed by atoms with Crippen LogP contribution in [0.3, 0.4) is 0 Å². The number of urea groups is 1. The predicted molar refractivity (Wildman–Crippen MR) is 219 cm³/mol. The highest BCUT2D eigenvalue weighted by atomic mass is 79.9. The van der Waals surface area contributed by atoms with E-state index < -0.39 is 58.1 Å². The highest BCUT2D eigenvalue weighted by molar-refractivity contribution is 9.10. The lowest BCUT2D eigenvalue weighted by molar-refractivity contribution is -0.0179. The second kappa shape index (κ2) is 18.1. The number of ether oxygens (including phenoxy) is 1. The first-order valence-electron chi connectivity index (χ1n) is 18.9.